The Morgan fingerprint density at radius 2 is 1.71 bits per heavy atom. The van der Waals surface area contributed by atoms with Gasteiger partial charge in [0.05, 0.1) is 11.3 Å². The van der Waals surface area contributed by atoms with Crippen molar-refractivity contribution in [3.05, 3.63) is 83.1 Å². The third kappa shape index (κ3) is 4.86. The maximum absolute atomic E-state index is 14.2. The summed E-state index contributed by atoms with van der Waals surface area (Å²) in [4.78, 5) is 23.8. The van der Waals surface area contributed by atoms with Crippen molar-refractivity contribution < 1.29 is 18.7 Å². The first-order chi connectivity index (χ1) is 13.4. The molecule has 0 unspecified atom stereocenters. The first-order valence-electron chi connectivity index (χ1n) is 8.33. The molecule has 0 spiro atoms. The third-order valence-electron chi connectivity index (χ3n) is 3.69. The molecule has 0 aliphatic heterocycles. The molecule has 0 aromatic heterocycles. The van der Waals surface area contributed by atoms with Crippen LogP contribution in [0.2, 0.25) is 5.02 Å². The number of carbonyl (C=O) groups is 2. The Labute approximate surface area is 166 Å². The second-order valence-electron chi connectivity index (χ2n) is 5.89. The number of hydrogen-bond acceptors (Lipinski definition) is 3. The molecule has 0 atom stereocenters. The molecule has 2 N–H and O–H groups in total. The highest BCUT2D eigenvalue weighted by Gasteiger charge is 2.16. The quantitative estimate of drug-likeness (QED) is 0.597. The summed E-state index contributed by atoms with van der Waals surface area (Å²) in [6.07, 6.45) is 0. The molecule has 0 saturated heterocycles. The number of rotatable bonds is 5. The summed E-state index contributed by atoms with van der Waals surface area (Å²) < 4.78 is 19.9. The molecule has 3 aromatic carbocycles. The monoisotopic (exact) mass is 398 g/mol. The maximum Gasteiger partial charge on any atom is 0.258 e. The Morgan fingerprint density at radius 3 is 2.43 bits per heavy atom. The number of nitrogens with one attached hydrogen (secondary N) is 2. The first kappa shape index (κ1) is 19.4. The van der Waals surface area contributed by atoms with Crippen molar-refractivity contribution in [2.24, 2.45) is 0 Å². The molecule has 0 heterocycles. The Bertz CT molecular complexity index is 1030. The van der Waals surface area contributed by atoms with Crippen molar-refractivity contribution in [2.45, 2.75) is 6.92 Å². The van der Waals surface area contributed by atoms with Crippen LogP contribution < -0.4 is 15.4 Å². The molecule has 2 amide bonds. The fourth-order valence-corrected chi connectivity index (χ4v) is 2.65. The van der Waals surface area contributed by atoms with Gasteiger partial charge in [0.1, 0.15) is 11.6 Å². The summed E-state index contributed by atoms with van der Waals surface area (Å²) in [7, 11) is 0. The van der Waals surface area contributed by atoms with Crippen LogP contribution in [0.25, 0.3) is 0 Å². The summed E-state index contributed by atoms with van der Waals surface area (Å²) in [5, 5.41) is 5.50. The molecule has 7 heteroatoms. The van der Waals surface area contributed by atoms with Gasteiger partial charge in [-0.05, 0) is 48.5 Å². The van der Waals surface area contributed by atoms with E-state index in [0.717, 1.165) is 6.07 Å². The zero-order chi connectivity index (χ0) is 20.1. The predicted molar refractivity (Wildman–Crippen MR) is 107 cm³/mol. The van der Waals surface area contributed by atoms with Crippen molar-refractivity contribution in [1.82, 2.24) is 0 Å². The van der Waals surface area contributed by atoms with Gasteiger partial charge in [-0.15, -0.1) is 0 Å². The average Bonchev–Trinajstić information content (AvgIpc) is 2.66. The lowest BCUT2D eigenvalue weighted by atomic mass is 10.1. The summed E-state index contributed by atoms with van der Waals surface area (Å²) in [5.74, 6) is -0.836. The molecule has 0 aliphatic rings. The van der Waals surface area contributed by atoms with Crippen LogP contribution in [-0.2, 0) is 4.79 Å². The van der Waals surface area contributed by atoms with E-state index in [-0.39, 0.29) is 17.2 Å². The normalized spacial score (nSPS) is 10.2. The van der Waals surface area contributed by atoms with Crippen LogP contribution in [0.3, 0.4) is 0 Å². The number of amides is 2. The van der Waals surface area contributed by atoms with Gasteiger partial charge < -0.3 is 15.4 Å². The van der Waals surface area contributed by atoms with E-state index in [1.807, 2.05) is 18.2 Å². The second-order valence-corrected chi connectivity index (χ2v) is 6.32. The van der Waals surface area contributed by atoms with Crippen molar-refractivity contribution >= 4 is 34.8 Å². The number of para-hydroxylation sites is 1. The van der Waals surface area contributed by atoms with Gasteiger partial charge in [-0.3, -0.25) is 9.59 Å². The Balaban J connectivity index is 1.88. The van der Waals surface area contributed by atoms with Crippen LogP contribution in [0.5, 0.6) is 11.5 Å². The van der Waals surface area contributed by atoms with E-state index < -0.39 is 11.7 Å². The largest absolute Gasteiger partial charge is 0.455 e. The zero-order valence-corrected chi connectivity index (χ0v) is 15.6. The fraction of sp³-hybridized carbons (Fsp3) is 0.0476. The third-order valence-corrected chi connectivity index (χ3v) is 3.93. The molecule has 0 saturated carbocycles. The lowest BCUT2D eigenvalue weighted by Gasteiger charge is -2.13. The van der Waals surface area contributed by atoms with Gasteiger partial charge in [0.25, 0.3) is 5.91 Å². The van der Waals surface area contributed by atoms with Gasteiger partial charge in [0, 0.05) is 17.6 Å². The number of anilines is 2. The predicted octanol–water partition coefficient (Wildman–Crippen LogP) is 5.48. The molecular formula is C21H16ClFN2O3. The molecule has 0 radical (unpaired) electrons. The van der Waals surface area contributed by atoms with E-state index in [1.54, 1.807) is 24.3 Å². The standard InChI is InChI=1S/C21H16ClFN2O3/c1-13(26)24-15-8-9-18(23)17(12-15)21(27)25-19-11-14(22)7-10-20(19)28-16-5-3-2-4-6-16/h2-12H,1H3,(H,24,26)(H,25,27). The Hall–Kier alpha value is -3.38. The highest BCUT2D eigenvalue weighted by Crippen LogP contribution is 2.32. The summed E-state index contributed by atoms with van der Waals surface area (Å²) in [5.41, 5.74) is 0.369. The lowest BCUT2D eigenvalue weighted by Crippen LogP contribution is -2.15. The lowest BCUT2D eigenvalue weighted by molar-refractivity contribution is -0.114. The summed E-state index contributed by atoms with van der Waals surface area (Å²) in [6.45, 7) is 1.32. The maximum atomic E-state index is 14.2. The van der Waals surface area contributed by atoms with Crippen LogP contribution in [0, 0.1) is 5.82 Å². The first-order valence-corrected chi connectivity index (χ1v) is 8.71. The van der Waals surface area contributed by atoms with Crippen LogP contribution in [-0.4, -0.2) is 11.8 Å². The van der Waals surface area contributed by atoms with Gasteiger partial charge in [-0.1, -0.05) is 29.8 Å². The smallest absolute Gasteiger partial charge is 0.258 e. The van der Waals surface area contributed by atoms with Gasteiger partial charge in [0.15, 0.2) is 5.75 Å². The molecule has 0 fully saturated rings. The van der Waals surface area contributed by atoms with E-state index in [0.29, 0.717) is 22.2 Å². The zero-order valence-electron chi connectivity index (χ0n) is 14.8. The minimum absolute atomic E-state index is 0.225. The van der Waals surface area contributed by atoms with Crippen molar-refractivity contribution in [3.8, 4) is 11.5 Å². The molecule has 142 valence electrons. The van der Waals surface area contributed by atoms with Gasteiger partial charge in [-0.2, -0.15) is 0 Å². The van der Waals surface area contributed by atoms with Crippen molar-refractivity contribution in [3.63, 3.8) is 0 Å². The van der Waals surface area contributed by atoms with Gasteiger partial charge in [0.2, 0.25) is 5.91 Å². The molecule has 28 heavy (non-hydrogen) atoms. The minimum atomic E-state index is -0.723. The number of ether oxygens (including phenoxy) is 1. The number of halogens is 2. The molecule has 0 aliphatic carbocycles. The van der Waals surface area contributed by atoms with Gasteiger partial charge in [-0.25, -0.2) is 4.39 Å². The summed E-state index contributed by atoms with van der Waals surface area (Å²) in [6, 6.07) is 17.5. The number of hydrogen-bond donors (Lipinski definition) is 2. The van der Waals surface area contributed by atoms with Crippen LogP contribution >= 0.6 is 11.6 Å². The van der Waals surface area contributed by atoms with Crippen LogP contribution in [0.1, 0.15) is 17.3 Å². The minimum Gasteiger partial charge on any atom is -0.455 e. The number of benzene rings is 3. The van der Waals surface area contributed by atoms with Crippen LogP contribution in [0.4, 0.5) is 15.8 Å². The average molecular weight is 399 g/mol. The van der Waals surface area contributed by atoms with E-state index in [9.17, 15) is 14.0 Å². The van der Waals surface area contributed by atoms with E-state index in [4.69, 9.17) is 16.3 Å². The Morgan fingerprint density at radius 1 is 0.964 bits per heavy atom. The molecule has 0 bridgehead atoms. The molecule has 3 rings (SSSR count). The van der Waals surface area contributed by atoms with Crippen LogP contribution in [0.15, 0.2) is 66.7 Å². The second kappa shape index (κ2) is 8.54. The van der Waals surface area contributed by atoms with E-state index in [1.165, 1.54) is 25.1 Å². The SMILES string of the molecule is CC(=O)Nc1ccc(F)c(C(=O)Nc2cc(Cl)ccc2Oc2ccccc2)c1. The summed E-state index contributed by atoms with van der Waals surface area (Å²) >= 11 is 6.03. The van der Waals surface area contributed by atoms with Crippen molar-refractivity contribution in [1.29, 1.82) is 0 Å². The van der Waals surface area contributed by atoms with E-state index in [2.05, 4.69) is 10.6 Å². The highest BCUT2D eigenvalue weighted by molar-refractivity contribution is 6.31. The van der Waals surface area contributed by atoms with Crippen molar-refractivity contribution in [2.75, 3.05) is 10.6 Å². The Kier molecular flexibility index (Phi) is 5.91. The molecule has 3 aromatic rings. The molecule has 5 nitrogen and oxygen atoms in total. The number of carbonyl (C=O) groups excluding carboxylic acids is 2. The van der Waals surface area contributed by atoms with Gasteiger partial charge >= 0.3 is 0 Å². The fourth-order valence-electron chi connectivity index (χ4n) is 2.47. The molecular weight excluding hydrogens is 383 g/mol. The topological polar surface area (TPSA) is 67.4 Å². The van der Waals surface area contributed by atoms with E-state index >= 15 is 0 Å². The highest BCUT2D eigenvalue weighted by atomic mass is 35.5.